The van der Waals surface area contributed by atoms with Crippen LogP contribution < -0.4 is 10.9 Å². The molecule has 0 aromatic heterocycles. The van der Waals surface area contributed by atoms with Crippen LogP contribution >= 0.6 is 11.8 Å². The Morgan fingerprint density at radius 1 is 1.12 bits per heavy atom. The summed E-state index contributed by atoms with van der Waals surface area (Å²) in [5.74, 6) is -0.0498. The number of nitrogens with zero attached hydrogens (tertiary/aromatic N) is 1. The minimum absolute atomic E-state index is 0.140. The number of thioether (sulfide) groups is 1. The Kier molecular flexibility index (Phi) is 7.78. The molecular formula is C19H29N3O2S. The lowest BCUT2D eigenvalue weighted by atomic mass is 9.97. The van der Waals surface area contributed by atoms with Gasteiger partial charge in [0.1, 0.15) is 0 Å². The second-order valence-corrected chi connectivity index (χ2v) is 7.78. The summed E-state index contributed by atoms with van der Waals surface area (Å²) < 4.78 is 0. The highest BCUT2D eigenvalue weighted by atomic mass is 32.2. The van der Waals surface area contributed by atoms with Gasteiger partial charge in [-0.3, -0.25) is 25.3 Å². The van der Waals surface area contributed by atoms with Crippen molar-refractivity contribution in [1.29, 1.82) is 0 Å². The molecule has 1 aromatic carbocycles. The Morgan fingerprint density at radius 3 is 2.44 bits per heavy atom. The Bertz CT molecular complexity index is 584. The molecule has 0 aliphatic carbocycles. The quantitative estimate of drug-likeness (QED) is 0.603. The van der Waals surface area contributed by atoms with Gasteiger partial charge in [0.2, 0.25) is 11.8 Å². The van der Waals surface area contributed by atoms with Gasteiger partial charge in [-0.1, -0.05) is 24.6 Å². The molecule has 2 rings (SSSR count). The lowest BCUT2D eigenvalue weighted by Gasteiger charge is -2.38. The smallest absolute Gasteiger partial charge is 0.248 e. The number of piperidine rings is 1. The van der Waals surface area contributed by atoms with Gasteiger partial charge in [-0.25, -0.2) is 0 Å². The number of hydrogen-bond acceptors (Lipinski definition) is 4. The average Bonchev–Trinajstić information content (AvgIpc) is 2.59. The molecule has 1 saturated heterocycles. The zero-order chi connectivity index (χ0) is 18.2. The number of carbonyl (C=O) groups is 2. The molecule has 1 aromatic rings. The number of hydrazine groups is 1. The fourth-order valence-corrected chi connectivity index (χ4v) is 4.08. The van der Waals surface area contributed by atoms with Crippen molar-refractivity contribution in [2.75, 3.05) is 12.3 Å². The summed E-state index contributed by atoms with van der Waals surface area (Å²) in [4.78, 5) is 27.3. The third-order valence-electron chi connectivity index (χ3n) is 4.77. The van der Waals surface area contributed by atoms with E-state index >= 15 is 0 Å². The first kappa shape index (κ1) is 19.8. The van der Waals surface area contributed by atoms with Gasteiger partial charge in [-0.05, 0) is 45.2 Å². The zero-order valence-corrected chi connectivity index (χ0v) is 16.2. The monoisotopic (exact) mass is 363 g/mol. The van der Waals surface area contributed by atoms with E-state index in [0.29, 0.717) is 18.5 Å². The maximum Gasteiger partial charge on any atom is 0.248 e. The Morgan fingerprint density at radius 2 is 1.76 bits per heavy atom. The van der Waals surface area contributed by atoms with Crippen LogP contribution in [0.25, 0.3) is 0 Å². The molecule has 0 bridgehead atoms. The van der Waals surface area contributed by atoms with Crippen molar-refractivity contribution < 1.29 is 9.59 Å². The maximum atomic E-state index is 12.0. The summed E-state index contributed by atoms with van der Waals surface area (Å²) in [5, 5.41) is 0. The Balaban J connectivity index is 1.65. The van der Waals surface area contributed by atoms with E-state index in [4.69, 9.17) is 0 Å². The molecule has 0 spiro atoms. The predicted molar refractivity (Wildman–Crippen MR) is 102 cm³/mol. The van der Waals surface area contributed by atoms with E-state index in [2.05, 4.69) is 29.6 Å². The van der Waals surface area contributed by atoms with Crippen LogP contribution in [0.2, 0.25) is 0 Å². The predicted octanol–water partition coefficient (Wildman–Crippen LogP) is 2.89. The molecule has 0 radical (unpaired) electrons. The molecule has 5 nitrogen and oxygen atoms in total. The van der Waals surface area contributed by atoms with Crippen molar-refractivity contribution in [2.24, 2.45) is 0 Å². The standard InChI is InChI=1S/C19H29N3O2S/c1-14-7-4-5-10-17(14)25-13-19(24)21-20-18(23)11-12-22-15(2)8-6-9-16(22)3/h4-5,7,10,15-16H,6,8-9,11-13H2,1-3H3,(H,20,23)(H,21,24)/t15-,16-/m1/s1. The van der Waals surface area contributed by atoms with Crippen molar-refractivity contribution in [3.05, 3.63) is 29.8 Å². The number of likely N-dealkylation sites (tertiary alicyclic amines) is 1. The molecule has 2 atom stereocenters. The van der Waals surface area contributed by atoms with Gasteiger partial charge in [0, 0.05) is 29.9 Å². The van der Waals surface area contributed by atoms with Crippen LogP contribution in [-0.4, -0.2) is 41.1 Å². The van der Waals surface area contributed by atoms with Crippen LogP contribution in [-0.2, 0) is 9.59 Å². The van der Waals surface area contributed by atoms with Gasteiger partial charge in [0.05, 0.1) is 5.75 Å². The minimum atomic E-state index is -0.193. The third-order valence-corrected chi connectivity index (χ3v) is 5.94. The first-order valence-electron chi connectivity index (χ1n) is 8.99. The van der Waals surface area contributed by atoms with Gasteiger partial charge < -0.3 is 0 Å². The van der Waals surface area contributed by atoms with Gasteiger partial charge >= 0.3 is 0 Å². The fourth-order valence-electron chi connectivity index (χ4n) is 3.25. The van der Waals surface area contributed by atoms with Crippen LogP contribution in [0, 0.1) is 6.92 Å². The lowest BCUT2D eigenvalue weighted by molar-refractivity contribution is -0.128. The number of nitrogens with one attached hydrogen (secondary N) is 2. The molecule has 0 saturated carbocycles. The van der Waals surface area contributed by atoms with E-state index in [1.807, 2.05) is 31.2 Å². The van der Waals surface area contributed by atoms with E-state index in [-0.39, 0.29) is 17.6 Å². The number of amides is 2. The number of carbonyl (C=O) groups excluding carboxylic acids is 2. The minimum Gasteiger partial charge on any atom is -0.297 e. The topological polar surface area (TPSA) is 61.4 Å². The summed E-state index contributed by atoms with van der Waals surface area (Å²) in [6.45, 7) is 7.20. The summed E-state index contributed by atoms with van der Waals surface area (Å²) in [6, 6.07) is 8.99. The van der Waals surface area contributed by atoms with Crippen molar-refractivity contribution in [3.8, 4) is 0 Å². The second kappa shape index (κ2) is 9.82. The Labute approximate surface area is 154 Å². The van der Waals surface area contributed by atoms with Crippen LogP contribution in [0.5, 0.6) is 0 Å². The van der Waals surface area contributed by atoms with Gasteiger partial charge in [0.25, 0.3) is 0 Å². The van der Waals surface area contributed by atoms with E-state index in [9.17, 15) is 9.59 Å². The SMILES string of the molecule is Cc1ccccc1SCC(=O)NNC(=O)CCN1[C@H](C)CCC[C@H]1C. The summed E-state index contributed by atoms with van der Waals surface area (Å²) >= 11 is 1.47. The van der Waals surface area contributed by atoms with Gasteiger partial charge in [-0.2, -0.15) is 0 Å². The van der Waals surface area contributed by atoms with Crippen molar-refractivity contribution in [3.63, 3.8) is 0 Å². The highest BCUT2D eigenvalue weighted by Crippen LogP contribution is 2.22. The highest BCUT2D eigenvalue weighted by molar-refractivity contribution is 8.00. The molecule has 25 heavy (non-hydrogen) atoms. The first-order valence-corrected chi connectivity index (χ1v) is 9.97. The van der Waals surface area contributed by atoms with E-state index in [1.54, 1.807) is 0 Å². The van der Waals surface area contributed by atoms with Crippen molar-refractivity contribution in [2.45, 2.75) is 63.4 Å². The molecule has 1 fully saturated rings. The van der Waals surface area contributed by atoms with Gasteiger partial charge in [-0.15, -0.1) is 11.8 Å². The molecule has 138 valence electrons. The van der Waals surface area contributed by atoms with E-state index in [1.165, 1.54) is 31.0 Å². The number of aryl methyl sites for hydroxylation is 1. The van der Waals surface area contributed by atoms with Gasteiger partial charge in [0.15, 0.2) is 0 Å². The van der Waals surface area contributed by atoms with E-state index < -0.39 is 0 Å². The number of benzene rings is 1. The zero-order valence-electron chi connectivity index (χ0n) is 15.4. The highest BCUT2D eigenvalue weighted by Gasteiger charge is 2.24. The third kappa shape index (κ3) is 6.36. The maximum absolute atomic E-state index is 12.0. The molecule has 2 amide bonds. The molecular weight excluding hydrogens is 334 g/mol. The van der Waals surface area contributed by atoms with Crippen LogP contribution in [0.4, 0.5) is 0 Å². The summed E-state index contributed by atoms with van der Waals surface area (Å²) in [6.07, 6.45) is 4.05. The lowest BCUT2D eigenvalue weighted by Crippen LogP contribution is -2.47. The molecule has 1 aliphatic rings. The first-order chi connectivity index (χ1) is 12.0. The van der Waals surface area contributed by atoms with Crippen molar-refractivity contribution in [1.82, 2.24) is 15.8 Å². The number of rotatable bonds is 6. The van der Waals surface area contributed by atoms with Crippen LogP contribution in [0.3, 0.4) is 0 Å². The normalized spacial score (nSPS) is 20.9. The molecule has 0 unspecified atom stereocenters. The molecule has 2 N–H and O–H groups in total. The van der Waals surface area contributed by atoms with Crippen molar-refractivity contribution >= 4 is 23.6 Å². The van der Waals surface area contributed by atoms with E-state index in [0.717, 1.165) is 17.0 Å². The summed E-state index contributed by atoms with van der Waals surface area (Å²) in [7, 11) is 0. The van der Waals surface area contributed by atoms with Crippen LogP contribution in [0.15, 0.2) is 29.2 Å². The van der Waals surface area contributed by atoms with Crippen LogP contribution in [0.1, 0.15) is 45.1 Å². The summed E-state index contributed by atoms with van der Waals surface area (Å²) in [5.41, 5.74) is 6.18. The molecule has 6 heteroatoms. The second-order valence-electron chi connectivity index (χ2n) is 6.77. The Hall–Kier alpha value is -1.53. The largest absolute Gasteiger partial charge is 0.297 e. The molecule has 1 heterocycles. The average molecular weight is 364 g/mol. The molecule has 1 aliphatic heterocycles. The number of hydrogen-bond donors (Lipinski definition) is 2. The fraction of sp³-hybridized carbons (Fsp3) is 0.579.